The van der Waals surface area contributed by atoms with Crippen LogP contribution in [0.2, 0.25) is 0 Å². The van der Waals surface area contributed by atoms with E-state index in [1.165, 1.54) is 0 Å². The van der Waals surface area contributed by atoms with E-state index in [1.54, 1.807) is 12.5 Å². The van der Waals surface area contributed by atoms with Gasteiger partial charge in [-0.1, -0.05) is 42.5 Å². The molecule has 0 saturated heterocycles. The van der Waals surface area contributed by atoms with E-state index in [1.807, 2.05) is 47.4 Å². The average Bonchev–Trinajstić information content (AvgIpc) is 2.68. The molecule has 0 saturated carbocycles. The zero-order chi connectivity index (χ0) is 16.4. The second-order valence-electron chi connectivity index (χ2n) is 5.91. The Bertz CT molecular complexity index is 860. The van der Waals surface area contributed by atoms with E-state index in [-0.39, 0.29) is 5.91 Å². The number of aromatic nitrogens is 2. The van der Waals surface area contributed by atoms with Crippen molar-refractivity contribution in [3.63, 3.8) is 0 Å². The predicted molar refractivity (Wildman–Crippen MR) is 92.4 cm³/mol. The molecule has 1 aliphatic heterocycles. The standard InChI is InChI=1S/C20H17N3O/c24-20(23-11-10-19-18(13-23)12-21-14-22-19)17-8-6-16(7-9-17)15-4-2-1-3-5-15/h1-9,12,14H,10-11,13H2. The van der Waals surface area contributed by atoms with Gasteiger partial charge < -0.3 is 4.90 Å². The van der Waals surface area contributed by atoms with Crippen molar-refractivity contribution in [1.82, 2.24) is 14.9 Å². The lowest BCUT2D eigenvalue weighted by molar-refractivity contribution is 0.0733. The van der Waals surface area contributed by atoms with Crippen LogP contribution in [-0.4, -0.2) is 27.3 Å². The molecule has 4 nitrogen and oxygen atoms in total. The molecular formula is C20H17N3O. The Morgan fingerprint density at radius 2 is 1.71 bits per heavy atom. The van der Waals surface area contributed by atoms with Gasteiger partial charge in [-0.05, 0) is 23.3 Å². The van der Waals surface area contributed by atoms with Crippen LogP contribution in [0.15, 0.2) is 67.1 Å². The molecule has 0 fully saturated rings. The van der Waals surface area contributed by atoms with E-state index in [4.69, 9.17) is 0 Å². The van der Waals surface area contributed by atoms with Crippen molar-refractivity contribution in [3.8, 4) is 11.1 Å². The maximum atomic E-state index is 12.7. The van der Waals surface area contributed by atoms with Crippen LogP contribution in [0.3, 0.4) is 0 Å². The summed E-state index contributed by atoms with van der Waals surface area (Å²) in [5.41, 5.74) is 5.08. The molecule has 0 N–H and O–H groups in total. The molecule has 0 atom stereocenters. The van der Waals surface area contributed by atoms with Gasteiger partial charge in [-0.15, -0.1) is 0 Å². The Labute approximate surface area is 140 Å². The lowest BCUT2D eigenvalue weighted by Gasteiger charge is -2.28. The van der Waals surface area contributed by atoms with Gasteiger partial charge in [0, 0.05) is 36.8 Å². The molecule has 1 aromatic heterocycles. The summed E-state index contributed by atoms with van der Waals surface area (Å²) in [7, 11) is 0. The number of hydrogen-bond acceptors (Lipinski definition) is 3. The quantitative estimate of drug-likeness (QED) is 0.728. The summed E-state index contributed by atoms with van der Waals surface area (Å²) in [6.07, 6.45) is 4.16. The van der Waals surface area contributed by atoms with Crippen molar-refractivity contribution in [2.24, 2.45) is 0 Å². The van der Waals surface area contributed by atoms with Crippen LogP contribution in [-0.2, 0) is 13.0 Å². The predicted octanol–water partition coefficient (Wildman–Crippen LogP) is 3.34. The van der Waals surface area contributed by atoms with E-state index in [2.05, 4.69) is 22.1 Å². The first-order chi connectivity index (χ1) is 11.8. The van der Waals surface area contributed by atoms with E-state index in [0.717, 1.165) is 34.4 Å². The first-order valence-electron chi connectivity index (χ1n) is 8.04. The number of hydrogen-bond donors (Lipinski definition) is 0. The van der Waals surface area contributed by atoms with Crippen molar-refractivity contribution < 1.29 is 4.79 Å². The Hall–Kier alpha value is -3.01. The molecule has 24 heavy (non-hydrogen) atoms. The lowest BCUT2D eigenvalue weighted by Crippen LogP contribution is -2.36. The summed E-state index contributed by atoms with van der Waals surface area (Å²) >= 11 is 0. The zero-order valence-corrected chi connectivity index (χ0v) is 13.2. The minimum Gasteiger partial charge on any atom is -0.334 e. The first kappa shape index (κ1) is 14.6. The highest BCUT2D eigenvalue weighted by atomic mass is 16.2. The van der Waals surface area contributed by atoms with Crippen molar-refractivity contribution in [3.05, 3.63) is 83.9 Å². The van der Waals surface area contributed by atoms with E-state index < -0.39 is 0 Å². The average molecular weight is 315 g/mol. The Balaban J connectivity index is 1.53. The fourth-order valence-corrected chi connectivity index (χ4v) is 3.06. The largest absolute Gasteiger partial charge is 0.334 e. The minimum atomic E-state index is 0.0594. The smallest absolute Gasteiger partial charge is 0.254 e. The summed E-state index contributed by atoms with van der Waals surface area (Å²) in [6, 6.07) is 18.0. The number of carbonyl (C=O) groups is 1. The molecule has 1 aliphatic rings. The third-order valence-corrected chi connectivity index (χ3v) is 4.39. The lowest BCUT2D eigenvalue weighted by atomic mass is 10.0. The fraction of sp³-hybridized carbons (Fsp3) is 0.150. The molecule has 1 amide bonds. The molecular weight excluding hydrogens is 298 g/mol. The monoisotopic (exact) mass is 315 g/mol. The molecule has 4 rings (SSSR count). The number of rotatable bonds is 2. The number of carbonyl (C=O) groups excluding carboxylic acids is 1. The molecule has 0 radical (unpaired) electrons. The summed E-state index contributed by atoms with van der Waals surface area (Å²) in [5.74, 6) is 0.0594. The third-order valence-electron chi connectivity index (χ3n) is 4.39. The van der Waals surface area contributed by atoms with Gasteiger partial charge in [-0.25, -0.2) is 9.97 Å². The van der Waals surface area contributed by atoms with Crippen LogP contribution >= 0.6 is 0 Å². The number of amides is 1. The number of benzene rings is 2. The number of nitrogens with zero attached hydrogens (tertiary/aromatic N) is 3. The van der Waals surface area contributed by atoms with Gasteiger partial charge in [0.05, 0.1) is 5.69 Å². The molecule has 4 heteroatoms. The topological polar surface area (TPSA) is 46.1 Å². The van der Waals surface area contributed by atoms with Gasteiger partial charge in [0.15, 0.2) is 0 Å². The highest BCUT2D eigenvalue weighted by Crippen LogP contribution is 2.21. The van der Waals surface area contributed by atoms with Crippen LogP contribution in [0.1, 0.15) is 21.6 Å². The number of fused-ring (bicyclic) bond motifs is 1. The molecule has 118 valence electrons. The van der Waals surface area contributed by atoms with Gasteiger partial charge in [0.25, 0.3) is 5.91 Å². The molecule has 3 aromatic rings. The first-order valence-corrected chi connectivity index (χ1v) is 8.04. The van der Waals surface area contributed by atoms with Gasteiger partial charge in [-0.2, -0.15) is 0 Å². The summed E-state index contributed by atoms with van der Waals surface area (Å²) in [6.45, 7) is 1.28. The molecule has 2 heterocycles. The van der Waals surface area contributed by atoms with Crippen LogP contribution < -0.4 is 0 Å². The molecule has 2 aromatic carbocycles. The molecule has 0 spiro atoms. The summed E-state index contributed by atoms with van der Waals surface area (Å²) < 4.78 is 0. The Kier molecular flexibility index (Phi) is 3.79. The third kappa shape index (κ3) is 2.78. The summed E-state index contributed by atoms with van der Waals surface area (Å²) in [4.78, 5) is 22.9. The summed E-state index contributed by atoms with van der Waals surface area (Å²) in [5, 5.41) is 0. The zero-order valence-electron chi connectivity index (χ0n) is 13.2. The van der Waals surface area contributed by atoms with Crippen LogP contribution in [0.4, 0.5) is 0 Å². The van der Waals surface area contributed by atoms with E-state index in [0.29, 0.717) is 13.1 Å². The molecule has 0 aliphatic carbocycles. The normalized spacial score (nSPS) is 13.4. The molecule has 0 unspecified atom stereocenters. The van der Waals surface area contributed by atoms with Crippen molar-refractivity contribution in [2.45, 2.75) is 13.0 Å². The van der Waals surface area contributed by atoms with Gasteiger partial charge in [-0.3, -0.25) is 4.79 Å². The van der Waals surface area contributed by atoms with Gasteiger partial charge >= 0.3 is 0 Å². The van der Waals surface area contributed by atoms with E-state index >= 15 is 0 Å². The Morgan fingerprint density at radius 1 is 0.958 bits per heavy atom. The molecule has 0 bridgehead atoms. The van der Waals surface area contributed by atoms with Gasteiger partial charge in [0.1, 0.15) is 6.33 Å². The second-order valence-corrected chi connectivity index (χ2v) is 5.91. The van der Waals surface area contributed by atoms with Crippen molar-refractivity contribution in [1.29, 1.82) is 0 Å². The highest BCUT2D eigenvalue weighted by molar-refractivity contribution is 5.94. The maximum absolute atomic E-state index is 12.7. The highest BCUT2D eigenvalue weighted by Gasteiger charge is 2.22. The van der Waals surface area contributed by atoms with Gasteiger partial charge in [0.2, 0.25) is 0 Å². The Morgan fingerprint density at radius 3 is 2.50 bits per heavy atom. The van der Waals surface area contributed by atoms with Crippen LogP contribution in [0, 0.1) is 0 Å². The fourth-order valence-electron chi connectivity index (χ4n) is 3.06. The van der Waals surface area contributed by atoms with Crippen LogP contribution in [0.5, 0.6) is 0 Å². The SMILES string of the molecule is O=C(c1ccc(-c2ccccc2)cc1)N1CCc2ncncc2C1. The van der Waals surface area contributed by atoms with Crippen molar-refractivity contribution >= 4 is 5.91 Å². The minimum absolute atomic E-state index is 0.0594. The van der Waals surface area contributed by atoms with Crippen molar-refractivity contribution in [2.75, 3.05) is 6.54 Å². The van der Waals surface area contributed by atoms with E-state index in [9.17, 15) is 4.79 Å². The maximum Gasteiger partial charge on any atom is 0.254 e. The van der Waals surface area contributed by atoms with Crippen LogP contribution in [0.25, 0.3) is 11.1 Å². The second kappa shape index (κ2) is 6.24.